The fourth-order valence-corrected chi connectivity index (χ4v) is 4.51. The first-order valence-corrected chi connectivity index (χ1v) is 11.3. The van der Waals surface area contributed by atoms with Gasteiger partial charge in [-0.25, -0.2) is 0 Å². The zero-order valence-corrected chi connectivity index (χ0v) is 18.9. The maximum absolute atomic E-state index is 12.9. The van der Waals surface area contributed by atoms with Gasteiger partial charge in [-0.05, 0) is 49.2 Å². The number of halogens is 1. The van der Waals surface area contributed by atoms with Crippen molar-refractivity contribution in [1.82, 2.24) is 14.8 Å². The molecule has 0 spiro atoms. The molecular weight excluding hydrogens is 418 g/mol. The number of para-hydroxylation sites is 1. The number of aromatic nitrogens is 3. The van der Waals surface area contributed by atoms with E-state index in [0.717, 1.165) is 30.2 Å². The third kappa shape index (κ3) is 4.10. The molecule has 4 rings (SSSR count). The summed E-state index contributed by atoms with van der Waals surface area (Å²) in [6.07, 6.45) is 0.904. The molecule has 0 saturated heterocycles. The third-order valence-corrected chi connectivity index (χ3v) is 6.68. The summed E-state index contributed by atoms with van der Waals surface area (Å²) in [5, 5.41) is 10.3. The largest absolute Gasteiger partial charge is 0.331 e. The molecule has 1 atom stereocenters. The maximum atomic E-state index is 12.9. The molecule has 1 aliphatic rings. The van der Waals surface area contributed by atoms with Crippen LogP contribution in [0.4, 0.5) is 5.69 Å². The molecule has 0 aliphatic carbocycles. The first-order valence-electron chi connectivity index (χ1n) is 9.98. The van der Waals surface area contributed by atoms with E-state index in [1.807, 2.05) is 51.9 Å². The van der Waals surface area contributed by atoms with Crippen LogP contribution in [0, 0.1) is 0 Å². The summed E-state index contributed by atoms with van der Waals surface area (Å²) in [5.74, 6) is 1.26. The van der Waals surface area contributed by atoms with E-state index in [1.165, 1.54) is 22.2 Å². The Morgan fingerprint density at radius 2 is 1.90 bits per heavy atom. The van der Waals surface area contributed by atoms with Crippen LogP contribution in [0.25, 0.3) is 5.69 Å². The number of thioether (sulfide) groups is 1. The second-order valence-corrected chi connectivity index (χ2v) is 9.04. The highest BCUT2D eigenvalue weighted by molar-refractivity contribution is 7.99. The number of benzene rings is 2. The van der Waals surface area contributed by atoms with Crippen LogP contribution < -0.4 is 9.80 Å². The van der Waals surface area contributed by atoms with Crippen molar-refractivity contribution < 1.29 is 9.69 Å². The number of nitrogens with one attached hydrogen (secondary N) is 1. The van der Waals surface area contributed by atoms with Gasteiger partial charge in [0.2, 0.25) is 5.91 Å². The van der Waals surface area contributed by atoms with Gasteiger partial charge in [0.05, 0.1) is 19.8 Å². The van der Waals surface area contributed by atoms with Crippen molar-refractivity contribution in [2.45, 2.75) is 24.5 Å². The van der Waals surface area contributed by atoms with Gasteiger partial charge in [0.15, 0.2) is 11.0 Å². The molecule has 0 radical (unpaired) electrons. The molecule has 0 saturated carbocycles. The number of quaternary nitrogens is 1. The fourth-order valence-electron chi connectivity index (χ4n) is 3.55. The second-order valence-electron chi connectivity index (χ2n) is 7.66. The first kappa shape index (κ1) is 20.9. The summed E-state index contributed by atoms with van der Waals surface area (Å²) < 4.78 is 2.03. The Labute approximate surface area is 185 Å². The molecule has 0 unspecified atom stereocenters. The summed E-state index contributed by atoms with van der Waals surface area (Å²) in [6.45, 7) is 2.85. The fraction of sp³-hybridized carbons (Fsp3) is 0.318. The van der Waals surface area contributed by atoms with Crippen LogP contribution in [0.2, 0.25) is 5.02 Å². The van der Waals surface area contributed by atoms with Gasteiger partial charge in [-0.2, -0.15) is 0 Å². The lowest BCUT2D eigenvalue weighted by Crippen LogP contribution is -3.05. The number of carbonyl (C=O) groups excluding carboxylic acids is 1. The Morgan fingerprint density at radius 1 is 1.17 bits per heavy atom. The quantitative estimate of drug-likeness (QED) is 0.596. The van der Waals surface area contributed by atoms with Crippen molar-refractivity contribution in [2.24, 2.45) is 0 Å². The first-order chi connectivity index (χ1) is 14.5. The van der Waals surface area contributed by atoms with E-state index in [2.05, 4.69) is 37.3 Å². The number of nitrogens with zero attached hydrogens (tertiary/aromatic N) is 4. The molecule has 8 heteroatoms. The monoisotopic (exact) mass is 442 g/mol. The van der Waals surface area contributed by atoms with Gasteiger partial charge in [0.25, 0.3) is 0 Å². The van der Waals surface area contributed by atoms with E-state index in [1.54, 1.807) is 0 Å². The molecule has 1 aliphatic heterocycles. The Kier molecular flexibility index (Phi) is 6.13. The molecule has 1 N–H and O–H groups in total. The van der Waals surface area contributed by atoms with Crippen molar-refractivity contribution in [3.8, 4) is 5.69 Å². The highest BCUT2D eigenvalue weighted by atomic mass is 35.5. The van der Waals surface area contributed by atoms with Crippen molar-refractivity contribution >= 4 is 35.0 Å². The number of amides is 1. The van der Waals surface area contributed by atoms with Crippen LogP contribution in [-0.4, -0.2) is 47.1 Å². The summed E-state index contributed by atoms with van der Waals surface area (Å²) in [4.78, 5) is 16.1. The number of hydrogen-bond acceptors (Lipinski definition) is 4. The molecule has 30 heavy (non-hydrogen) atoms. The summed E-state index contributed by atoms with van der Waals surface area (Å²) >= 11 is 7.50. The van der Waals surface area contributed by atoms with Gasteiger partial charge in [0, 0.05) is 22.9 Å². The minimum Gasteiger partial charge on any atom is -0.331 e. The molecule has 0 fully saturated rings. The normalized spacial score (nSPS) is 14.2. The van der Waals surface area contributed by atoms with E-state index in [0.29, 0.717) is 15.9 Å². The number of fused-ring (bicyclic) bond motifs is 1. The lowest BCUT2D eigenvalue weighted by Gasteiger charge is -2.19. The Hall–Kier alpha value is -2.35. The van der Waals surface area contributed by atoms with Crippen LogP contribution >= 0.6 is 23.4 Å². The van der Waals surface area contributed by atoms with E-state index in [9.17, 15) is 4.79 Å². The smallest absolute Gasteiger partial charge is 0.237 e. The van der Waals surface area contributed by atoms with E-state index in [-0.39, 0.29) is 11.9 Å². The summed E-state index contributed by atoms with van der Waals surface area (Å²) in [6, 6.07) is 15.9. The number of rotatable bonds is 6. The van der Waals surface area contributed by atoms with Crippen LogP contribution in [0.15, 0.2) is 53.7 Å². The van der Waals surface area contributed by atoms with Gasteiger partial charge in [-0.3, -0.25) is 9.36 Å². The van der Waals surface area contributed by atoms with Gasteiger partial charge >= 0.3 is 0 Å². The Morgan fingerprint density at radius 3 is 2.63 bits per heavy atom. The minimum atomic E-state index is 0.0865. The van der Waals surface area contributed by atoms with Gasteiger partial charge < -0.3 is 9.80 Å². The zero-order valence-electron chi connectivity index (χ0n) is 17.3. The van der Waals surface area contributed by atoms with Crippen molar-refractivity contribution in [3.63, 3.8) is 0 Å². The Bertz CT molecular complexity index is 1050. The molecule has 1 aromatic heterocycles. The van der Waals surface area contributed by atoms with Crippen LogP contribution in [0.3, 0.4) is 0 Å². The predicted octanol–water partition coefficient (Wildman–Crippen LogP) is 2.81. The van der Waals surface area contributed by atoms with Gasteiger partial charge in [-0.1, -0.05) is 41.6 Å². The molecule has 156 valence electrons. The molecule has 0 bridgehead atoms. The standard InChI is InChI=1S/C22H24ClN5OS/c1-15(26(2)3)21-24-25-22(28(21)18-10-8-17(23)9-11-18)30-14-20(29)27-13-12-16-6-4-5-7-19(16)27/h4-11,15H,12-14H2,1-3H3/p+1/t15-/m0/s1. The average Bonchev–Trinajstić information content (AvgIpc) is 3.36. The third-order valence-electron chi connectivity index (χ3n) is 5.51. The highest BCUT2D eigenvalue weighted by Crippen LogP contribution is 2.30. The lowest BCUT2D eigenvalue weighted by atomic mass is 10.2. The van der Waals surface area contributed by atoms with Crippen molar-refractivity contribution in [1.29, 1.82) is 0 Å². The molecule has 2 aromatic carbocycles. The van der Waals surface area contributed by atoms with E-state index in [4.69, 9.17) is 11.6 Å². The second kappa shape index (κ2) is 8.79. The highest BCUT2D eigenvalue weighted by Gasteiger charge is 2.27. The molecule has 1 amide bonds. The zero-order chi connectivity index (χ0) is 21.3. The van der Waals surface area contributed by atoms with Crippen molar-refractivity contribution in [2.75, 3.05) is 31.3 Å². The summed E-state index contributed by atoms with van der Waals surface area (Å²) in [7, 11) is 4.18. The van der Waals surface area contributed by atoms with E-state index >= 15 is 0 Å². The lowest BCUT2D eigenvalue weighted by molar-refractivity contribution is -0.890. The van der Waals surface area contributed by atoms with Crippen LogP contribution in [0.1, 0.15) is 24.4 Å². The number of carbonyl (C=O) groups is 1. The molecule has 3 aromatic rings. The Balaban J connectivity index is 1.58. The van der Waals surface area contributed by atoms with Crippen molar-refractivity contribution in [3.05, 3.63) is 64.9 Å². The number of hydrogen-bond donors (Lipinski definition) is 1. The SMILES string of the molecule is C[C@@H](c1nnc(SCC(=O)N2CCc3ccccc32)n1-c1ccc(Cl)cc1)[NH+](C)C. The molecule has 2 heterocycles. The van der Waals surface area contributed by atoms with Crippen LogP contribution in [0.5, 0.6) is 0 Å². The summed E-state index contributed by atoms with van der Waals surface area (Å²) in [5.41, 5.74) is 3.19. The maximum Gasteiger partial charge on any atom is 0.237 e. The van der Waals surface area contributed by atoms with Gasteiger partial charge in [-0.15, -0.1) is 10.2 Å². The topological polar surface area (TPSA) is 55.5 Å². The van der Waals surface area contributed by atoms with E-state index < -0.39 is 0 Å². The molecular formula is C22H25ClN5OS+. The molecule has 6 nitrogen and oxygen atoms in total. The van der Waals surface area contributed by atoms with Crippen LogP contribution in [-0.2, 0) is 11.2 Å². The predicted molar refractivity (Wildman–Crippen MR) is 121 cm³/mol. The van der Waals surface area contributed by atoms with Gasteiger partial charge in [0.1, 0.15) is 6.04 Å². The average molecular weight is 443 g/mol. The minimum absolute atomic E-state index is 0.0865. The number of anilines is 1.